The van der Waals surface area contributed by atoms with E-state index in [-0.39, 0.29) is 6.10 Å². The molecule has 1 fully saturated rings. The van der Waals surface area contributed by atoms with Crippen molar-refractivity contribution in [3.63, 3.8) is 0 Å². The number of ether oxygens (including phenoxy) is 1. The van der Waals surface area contributed by atoms with Crippen molar-refractivity contribution in [1.82, 2.24) is 15.3 Å². The maximum atomic E-state index is 5.84. The van der Waals surface area contributed by atoms with Crippen LogP contribution in [-0.2, 0) is 11.3 Å². The molecule has 1 saturated carbocycles. The van der Waals surface area contributed by atoms with Gasteiger partial charge in [-0.05, 0) is 51.6 Å². The molecule has 1 heterocycles. The fraction of sp³-hybridized carbons (Fsp3) is 0.733. The van der Waals surface area contributed by atoms with E-state index in [0.717, 1.165) is 43.3 Å². The van der Waals surface area contributed by atoms with E-state index in [0.29, 0.717) is 5.92 Å². The molecule has 0 saturated heterocycles. The Kier molecular flexibility index (Phi) is 5.28. The first kappa shape index (κ1) is 14.4. The molecular formula is C15H25N3O. The van der Waals surface area contributed by atoms with E-state index in [4.69, 9.17) is 4.74 Å². The first-order chi connectivity index (χ1) is 9.24. The van der Waals surface area contributed by atoms with E-state index in [2.05, 4.69) is 28.3 Å². The quantitative estimate of drug-likeness (QED) is 0.733. The average molecular weight is 263 g/mol. The molecule has 0 spiro atoms. The van der Waals surface area contributed by atoms with Gasteiger partial charge in [0, 0.05) is 18.8 Å². The molecule has 19 heavy (non-hydrogen) atoms. The maximum absolute atomic E-state index is 5.84. The Morgan fingerprint density at radius 2 is 2.16 bits per heavy atom. The fourth-order valence-corrected chi connectivity index (χ4v) is 2.27. The number of aryl methyl sites for hydroxylation is 1. The lowest BCUT2D eigenvalue weighted by atomic mass is 10.2. The van der Waals surface area contributed by atoms with Crippen LogP contribution in [0.15, 0.2) is 6.07 Å². The number of rotatable bonds is 8. The Morgan fingerprint density at radius 3 is 2.79 bits per heavy atom. The van der Waals surface area contributed by atoms with Gasteiger partial charge in [-0.2, -0.15) is 0 Å². The van der Waals surface area contributed by atoms with Crippen LogP contribution in [0.4, 0.5) is 0 Å². The van der Waals surface area contributed by atoms with E-state index in [9.17, 15) is 0 Å². The fourth-order valence-electron chi connectivity index (χ4n) is 2.27. The van der Waals surface area contributed by atoms with Gasteiger partial charge >= 0.3 is 0 Å². The van der Waals surface area contributed by atoms with Crippen molar-refractivity contribution in [3.05, 3.63) is 23.3 Å². The summed E-state index contributed by atoms with van der Waals surface area (Å²) >= 11 is 0. The molecule has 0 amide bonds. The lowest BCUT2D eigenvalue weighted by Crippen LogP contribution is -2.18. The highest BCUT2D eigenvalue weighted by atomic mass is 16.5. The predicted octanol–water partition coefficient (Wildman–Crippen LogP) is 2.77. The number of nitrogens with zero attached hydrogens (tertiary/aromatic N) is 2. The Balaban J connectivity index is 2.09. The highest BCUT2D eigenvalue weighted by molar-refractivity contribution is 5.12. The molecule has 4 heteroatoms. The van der Waals surface area contributed by atoms with Crippen molar-refractivity contribution in [3.8, 4) is 0 Å². The standard InChI is InChI=1S/C15H25N3O/c1-4-8-16-10-13-9-11(3)17-15(18-13)14(19-5-2)12-6-7-12/h9,12,14,16H,4-8,10H2,1-3H3. The van der Waals surface area contributed by atoms with Gasteiger partial charge in [-0.25, -0.2) is 9.97 Å². The van der Waals surface area contributed by atoms with E-state index >= 15 is 0 Å². The molecular weight excluding hydrogens is 238 g/mol. The van der Waals surface area contributed by atoms with Gasteiger partial charge in [0.1, 0.15) is 6.10 Å². The molecule has 1 aromatic heterocycles. The summed E-state index contributed by atoms with van der Waals surface area (Å²) in [5.41, 5.74) is 2.10. The second kappa shape index (κ2) is 6.96. The molecule has 0 bridgehead atoms. The minimum Gasteiger partial charge on any atom is -0.370 e. The van der Waals surface area contributed by atoms with E-state index in [1.54, 1.807) is 0 Å². The highest BCUT2D eigenvalue weighted by Crippen LogP contribution is 2.42. The molecule has 0 aromatic carbocycles. The van der Waals surface area contributed by atoms with Gasteiger partial charge in [0.05, 0.1) is 5.69 Å². The summed E-state index contributed by atoms with van der Waals surface area (Å²) in [7, 11) is 0. The Hall–Kier alpha value is -1.00. The third-order valence-corrected chi connectivity index (χ3v) is 3.31. The van der Waals surface area contributed by atoms with Crippen molar-refractivity contribution in [1.29, 1.82) is 0 Å². The normalized spacial score (nSPS) is 16.6. The lowest BCUT2D eigenvalue weighted by Gasteiger charge is -2.16. The van der Waals surface area contributed by atoms with Crippen LogP contribution in [-0.4, -0.2) is 23.1 Å². The summed E-state index contributed by atoms with van der Waals surface area (Å²) in [6.45, 7) is 8.80. The molecule has 1 aliphatic carbocycles. The van der Waals surface area contributed by atoms with Gasteiger partial charge in [0.25, 0.3) is 0 Å². The van der Waals surface area contributed by atoms with E-state index < -0.39 is 0 Å². The molecule has 1 N–H and O–H groups in total. The van der Waals surface area contributed by atoms with Crippen LogP contribution in [0.2, 0.25) is 0 Å². The molecule has 1 aliphatic rings. The third-order valence-electron chi connectivity index (χ3n) is 3.31. The zero-order valence-electron chi connectivity index (χ0n) is 12.3. The first-order valence-corrected chi connectivity index (χ1v) is 7.41. The maximum Gasteiger partial charge on any atom is 0.157 e. The van der Waals surface area contributed by atoms with Gasteiger partial charge in [0.2, 0.25) is 0 Å². The van der Waals surface area contributed by atoms with Crippen LogP contribution in [0.25, 0.3) is 0 Å². The van der Waals surface area contributed by atoms with Crippen LogP contribution in [0.3, 0.4) is 0 Å². The highest BCUT2D eigenvalue weighted by Gasteiger charge is 2.35. The Bertz CT molecular complexity index is 404. The molecule has 106 valence electrons. The zero-order valence-corrected chi connectivity index (χ0v) is 12.3. The molecule has 4 nitrogen and oxygen atoms in total. The summed E-state index contributed by atoms with van der Waals surface area (Å²) in [6.07, 6.45) is 3.71. The van der Waals surface area contributed by atoms with Crippen molar-refractivity contribution >= 4 is 0 Å². The molecule has 0 aliphatic heterocycles. The summed E-state index contributed by atoms with van der Waals surface area (Å²) in [5, 5.41) is 3.39. The average Bonchev–Trinajstić information content (AvgIpc) is 3.20. The second-order valence-electron chi connectivity index (χ2n) is 5.25. The van der Waals surface area contributed by atoms with Gasteiger partial charge < -0.3 is 10.1 Å². The largest absolute Gasteiger partial charge is 0.370 e. The zero-order chi connectivity index (χ0) is 13.7. The number of hydrogen-bond donors (Lipinski definition) is 1. The molecule has 0 radical (unpaired) electrons. The summed E-state index contributed by atoms with van der Waals surface area (Å²) in [5.74, 6) is 1.50. The topological polar surface area (TPSA) is 47.0 Å². The number of nitrogens with one attached hydrogen (secondary N) is 1. The van der Waals surface area contributed by atoms with Crippen LogP contribution >= 0.6 is 0 Å². The summed E-state index contributed by atoms with van der Waals surface area (Å²) in [6, 6.07) is 2.06. The lowest BCUT2D eigenvalue weighted by molar-refractivity contribution is 0.0397. The van der Waals surface area contributed by atoms with Gasteiger partial charge in [0.15, 0.2) is 5.82 Å². The van der Waals surface area contributed by atoms with Gasteiger partial charge in [-0.15, -0.1) is 0 Å². The van der Waals surface area contributed by atoms with E-state index in [1.807, 2.05) is 13.8 Å². The van der Waals surface area contributed by atoms with Crippen molar-refractivity contribution < 1.29 is 4.74 Å². The summed E-state index contributed by atoms with van der Waals surface area (Å²) < 4.78 is 5.84. The van der Waals surface area contributed by atoms with Crippen LogP contribution < -0.4 is 5.32 Å². The van der Waals surface area contributed by atoms with Gasteiger partial charge in [-0.3, -0.25) is 0 Å². The van der Waals surface area contributed by atoms with Crippen LogP contribution in [0.1, 0.15) is 56.4 Å². The molecule has 1 unspecified atom stereocenters. The van der Waals surface area contributed by atoms with E-state index in [1.165, 1.54) is 12.8 Å². The second-order valence-corrected chi connectivity index (χ2v) is 5.25. The smallest absolute Gasteiger partial charge is 0.157 e. The summed E-state index contributed by atoms with van der Waals surface area (Å²) in [4.78, 5) is 9.27. The monoisotopic (exact) mass is 263 g/mol. The molecule has 1 atom stereocenters. The Labute approximate surface area is 116 Å². The first-order valence-electron chi connectivity index (χ1n) is 7.41. The van der Waals surface area contributed by atoms with Crippen molar-refractivity contribution in [2.75, 3.05) is 13.2 Å². The third kappa shape index (κ3) is 4.25. The number of aromatic nitrogens is 2. The minimum atomic E-state index is 0.0924. The molecule has 1 aromatic rings. The Morgan fingerprint density at radius 1 is 1.37 bits per heavy atom. The van der Waals surface area contributed by atoms with Gasteiger partial charge in [-0.1, -0.05) is 6.92 Å². The predicted molar refractivity (Wildman–Crippen MR) is 75.9 cm³/mol. The van der Waals surface area contributed by atoms with Crippen molar-refractivity contribution in [2.24, 2.45) is 5.92 Å². The number of hydrogen-bond acceptors (Lipinski definition) is 4. The van der Waals surface area contributed by atoms with Crippen molar-refractivity contribution in [2.45, 2.75) is 52.7 Å². The van der Waals surface area contributed by atoms with Crippen LogP contribution in [0.5, 0.6) is 0 Å². The molecule has 2 rings (SSSR count). The minimum absolute atomic E-state index is 0.0924. The SMILES string of the molecule is CCCNCc1cc(C)nc(C(OCC)C2CC2)n1. The van der Waals surface area contributed by atoms with Crippen LogP contribution in [0, 0.1) is 12.8 Å².